The number of amides is 1. The van der Waals surface area contributed by atoms with E-state index in [9.17, 15) is 9.59 Å². The zero-order valence-corrected chi connectivity index (χ0v) is 16.5. The van der Waals surface area contributed by atoms with Crippen LogP contribution < -0.4 is 4.74 Å². The van der Waals surface area contributed by atoms with E-state index < -0.39 is 11.6 Å². The average molecular weight is 397 g/mol. The lowest BCUT2D eigenvalue weighted by molar-refractivity contribution is 0.0126. The van der Waals surface area contributed by atoms with Gasteiger partial charge in [0.25, 0.3) is 0 Å². The van der Waals surface area contributed by atoms with Gasteiger partial charge < -0.3 is 24.5 Å². The summed E-state index contributed by atoms with van der Waals surface area (Å²) in [6, 6.07) is 7.06. The van der Waals surface area contributed by atoms with Gasteiger partial charge in [-0.2, -0.15) is 0 Å². The maximum Gasteiger partial charge on any atom is 0.410 e. The molecule has 27 heavy (non-hydrogen) atoms. The third-order valence-corrected chi connectivity index (χ3v) is 4.22. The molecule has 0 aliphatic carbocycles. The molecule has 7 nitrogen and oxygen atoms in total. The number of aromatic carboxylic acids is 1. The van der Waals surface area contributed by atoms with Crippen LogP contribution in [-0.4, -0.2) is 51.8 Å². The maximum atomic E-state index is 12.1. The number of aromatic amines is 1. The van der Waals surface area contributed by atoms with Crippen molar-refractivity contribution < 1.29 is 24.2 Å². The van der Waals surface area contributed by atoms with Gasteiger partial charge in [0.15, 0.2) is 0 Å². The number of carboxylic acids is 1. The van der Waals surface area contributed by atoms with Crippen molar-refractivity contribution in [2.75, 3.05) is 13.1 Å². The molecule has 2 N–H and O–H groups in total. The van der Waals surface area contributed by atoms with Gasteiger partial charge in [-0.3, -0.25) is 0 Å². The zero-order valence-electron chi connectivity index (χ0n) is 15.7. The molecule has 1 aliphatic heterocycles. The van der Waals surface area contributed by atoms with Crippen LogP contribution in [0.15, 0.2) is 24.3 Å². The Balaban J connectivity index is 0.00000261. The van der Waals surface area contributed by atoms with Crippen LogP contribution >= 0.6 is 12.4 Å². The molecule has 148 valence electrons. The first-order chi connectivity index (χ1) is 12.2. The van der Waals surface area contributed by atoms with Gasteiger partial charge in [0.05, 0.1) is 0 Å². The van der Waals surface area contributed by atoms with Crippen molar-refractivity contribution in [1.82, 2.24) is 9.88 Å². The second kappa shape index (κ2) is 8.08. The Bertz CT molecular complexity index is 819. The molecule has 1 aliphatic rings. The van der Waals surface area contributed by atoms with E-state index in [2.05, 4.69) is 4.98 Å². The maximum absolute atomic E-state index is 12.1. The molecule has 2 heterocycles. The molecule has 0 spiro atoms. The van der Waals surface area contributed by atoms with Crippen LogP contribution in [0.25, 0.3) is 10.9 Å². The number of rotatable bonds is 3. The van der Waals surface area contributed by atoms with E-state index in [1.54, 1.807) is 11.0 Å². The Morgan fingerprint density at radius 3 is 2.44 bits per heavy atom. The van der Waals surface area contributed by atoms with E-state index in [-0.39, 0.29) is 30.3 Å². The summed E-state index contributed by atoms with van der Waals surface area (Å²) in [6.07, 6.45) is 1.19. The fourth-order valence-electron chi connectivity index (χ4n) is 2.97. The van der Waals surface area contributed by atoms with Gasteiger partial charge in [-0.25, -0.2) is 9.59 Å². The highest BCUT2D eigenvalue weighted by Crippen LogP contribution is 2.25. The number of nitrogens with zero attached hydrogens (tertiary/aromatic N) is 1. The quantitative estimate of drug-likeness (QED) is 0.815. The minimum atomic E-state index is -0.988. The summed E-state index contributed by atoms with van der Waals surface area (Å²) in [4.78, 5) is 27.7. The summed E-state index contributed by atoms with van der Waals surface area (Å²) in [5.74, 6) is -0.289. The molecule has 0 saturated carbocycles. The highest BCUT2D eigenvalue weighted by molar-refractivity contribution is 5.94. The van der Waals surface area contributed by atoms with Crippen molar-refractivity contribution in [2.45, 2.75) is 45.3 Å². The van der Waals surface area contributed by atoms with Gasteiger partial charge in [0, 0.05) is 36.8 Å². The molecule has 0 atom stereocenters. The van der Waals surface area contributed by atoms with Gasteiger partial charge in [0.2, 0.25) is 0 Å². The lowest BCUT2D eigenvalue weighted by Crippen LogP contribution is -2.44. The first kappa shape index (κ1) is 20.9. The Kier molecular flexibility index (Phi) is 6.26. The lowest BCUT2D eigenvalue weighted by atomic mass is 10.1. The smallest absolute Gasteiger partial charge is 0.410 e. The van der Waals surface area contributed by atoms with Crippen molar-refractivity contribution in [3.05, 3.63) is 30.0 Å². The van der Waals surface area contributed by atoms with Gasteiger partial charge in [-0.15, -0.1) is 12.4 Å². The number of nitrogens with one attached hydrogen (secondary N) is 1. The van der Waals surface area contributed by atoms with Gasteiger partial charge >= 0.3 is 12.1 Å². The number of H-pyrrole nitrogens is 1. The largest absolute Gasteiger partial charge is 0.490 e. The number of fused-ring (bicyclic) bond motifs is 1. The molecule has 0 radical (unpaired) electrons. The fraction of sp³-hybridized carbons (Fsp3) is 0.474. The number of halogens is 1. The van der Waals surface area contributed by atoms with Crippen LogP contribution in [0.4, 0.5) is 4.79 Å². The number of carbonyl (C=O) groups is 2. The van der Waals surface area contributed by atoms with Crippen LogP contribution in [0.1, 0.15) is 44.1 Å². The molecular formula is C19H25ClN2O5. The Morgan fingerprint density at radius 1 is 1.19 bits per heavy atom. The number of carbonyl (C=O) groups excluding carboxylic acids is 1. The van der Waals surface area contributed by atoms with E-state index in [1.807, 2.05) is 39.0 Å². The summed E-state index contributed by atoms with van der Waals surface area (Å²) in [7, 11) is 0. The number of benzene rings is 1. The summed E-state index contributed by atoms with van der Waals surface area (Å²) < 4.78 is 11.4. The predicted octanol–water partition coefficient (Wildman–Crippen LogP) is 4.07. The van der Waals surface area contributed by atoms with Crippen LogP contribution in [0.5, 0.6) is 5.75 Å². The number of likely N-dealkylation sites (tertiary alicyclic amines) is 1. The van der Waals surface area contributed by atoms with Crippen molar-refractivity contribution >= 4 is 35.4 Å². The molecule has 0 bridgehead atoms. The monoisotopic (exact) mass is 396 g/mol. The molecule has 1 aromatic carbocycles. The second-order valence-electron chi connectivity index (χ2n) is 7.52. The highest BCUT2D eigenvalue weighted by Gasteiger charge is 2.27. The van der Waals surface area contributed by atoms with Gasteiger partial charge in [-0.05, 0) is 45.0 Å². The Labute approximate surface area is 164 Å². The number of hydrogen-bond acceptors (Lipinski definition) is 4. The Hall–Kier alpha value is -2.41. The van der Waals surface area contributed by atoms with Gasteiger partial charge in [-0.1, -0.05) is 0 Å². The third-order valence-electron chi connectivity index (χ3n) is 4.22. The first-order valence-electron chi connectivity index (χ1n) is 8.72. The minimum Gasteiger partial charge on any atom is -0.490 e. The zero-order chi connectivity index (χ0) is 18.9. The SMILES string of the molecule is CC(C)(C)OC(=O)N1CCC(Oc2ccc3[nH]c(C(=O)O)cc3c2)CC1.Cl. The van der Waals surface area contributed by atoms with Crippen molar-refractivity contribution in [3.8, 4) is 5.75 Å². The van der Waals surface area contributed by atoms with Crippen LogP contribution in [0.3, 0.4) is 0 Å². The molecule has 1 aromatic heterocycles. The molecule has 1 amide bonds. The molecule has 8 heteroatoms. The summed E-state index contributed by atoms with van der Waals surface area (Å²) in [5.41, 5.74) is 0.419. The number of aromatic nitrogens is 1. The van der Waals surface area contributed by atoms with Crippen molar-refractivity contribution in [2.24, 2.45) is 0 Å². The molecule has 1 saturated heterocycles. The van der Waals surface area contributed by atoms with E-state index in [0.29, 0.717) is 18.8 Å². The first-order valence-corrected chi connectivity index (χ1v) is 8.72. The number of carboxylic acid groups (broad SMARTS) is 1. The lowest BCUT2D eigenvalue weighted by Gasteiger charge is -2.33. The van der Waals surface area contributed by atoms with E-state index >= 15 is 0 Å². The number of piperidine rings is 1. The van der Waals surface area contributed by atoms with E-state index in [4.69, 9.17) is 14.6 Å². The minimum absolute atomic E-state index is 0. The van der Waals surface area contributed by atoms with Crippen molar-refractivity contribution in [3.63, 3.8) is 0 Å². The standard InChI is InChI=1S/C19H24N2O5.ClH/c1-19(2,3)26-18(24)21-8-6-13(7-9-21)25-14-4-5-15-12(10-14)11-16(20-15)17(22)23;/h4-5,10-11,13,20H,6-9H2,1-3H3,(H,22,23);1H. The highest BCUT2D eigenvalue weighted by atomic mass is 35.5. The van der Waals surface area contributed by atoms with Crippen LogP contribution in [-0.2, 0) is 4.74 Å². The molecule has 3 rings (SSSR count). The topological polar surface area (TPSA) is 91.9 Å². The summed E-state index contributed by atoms with van der Waals surface area (Å²) in [6.45, 7) is 6.75. The third kappa shape index (κ3) is 5.29. The molecule has 0 unspecified atom stereocenters. The van der Waals surface area contributed by atoms with Crippen LogP contribution in [0.2, 0.25) is 0 Å². The van der Waals surface area contributed by atoms with E-state index in [0.717, 1.165) is 23.7 Å². The Morgan fingerprint density at radius 2 is 1.85 bits per heavy atom. The van der Waals surface area contributed by atoms with E-state index in [1.165, 1.54) is 0 Å². The summed E-state index contributed by atoms with van der Waals surface area (Å²) in [5, 5.41) is 9.85. The summed E-state index contributed by atoms with van der Waals surface area (Å²) >= 11 is 0. The number of hydrogen-bond donors (Lipinski definition) is 2. The van der Waals surface area contributed by atoms with Crippen molar-refractivity contribution in [1.29, 1.82) is 0 Å². The fourth-order valence-corrected chi connectivity index (χ4v) is 2.97. The normalized spacial score (nSPS) is 15.3. The van der Waals surface area contributed by atoms with Gasteiger partial charge in [0.1, 0.15) is 23.1 Å². The predicted molar refractivity (Wildman–Crippen MR) is 104 cm³/mol. The molecule has 1 fully saturated rings. The molecule has 2 aromatic rings. The second-order valence-corrected chi connectivity index (χ2v) is 7.52. The average Bonchev–Trinajstić information content (AvgIpc) is 2.97. The van der Waals surface area contributed by atoms with Crippen LogP contribution in [0, 0.1) is 0 Å². The number of ether oxygens (including phenoxy) is 2. The molecular weight excluding hydrogens is 372 g/mol.